The van der Waals surface area contributed by atoms with Gasteiger partial charge in [0.05, 0.1) is 13.2 Å². The van der Waals surface area contributed by atoms with Gasteiger partial charge >= 0.3 is 6.09 Å². The van der Waals surface area contributed by atoms with Gasteiger partial charge in [-0.2, -0.15) is 0 Å². The van der Waals surface area contributed by atoms with E-state index in [9.17, 15) is 4.79 Å². The third kappa shape index (κ3) is 9.24. The van der Waals surface area contributed by atoms with Crippen molar-refractivity contribution in [3.63, 3.8) is 0 Å². The molecule has 1 aliphatic rings. The molecule has 0 aromatic heterocycles. The molecule has 1 saturated heterocycles. The molecule has 1 heterocycles. The van der Waals surface area contributed by atoms with Crippen molar-refractivity contribution in [1.82, 2.24) is 20.9 Å². The summed E-state index contributed by atoms with van der Waals surface area (Å²) in [5.41, 5.74) is -0.443. The second kappa shape index (κ2) is 10.6. The van der Waals surface area contributed by atoms with E-state index in [-0.39, 0.29) is 11.6 Å². The maximum absolute atomic E-state index is 11.6. The van der Waals surface area contributed by atoms with E-state index in [0.29, 0.717) is 13.1 Å². The number of ether oxygens (including phenoxy) is 2. The predicted octanol–water partition coefficient (Wildman–Crippen LogP) is 1.18. The first kappa shape index (κ1) is 22.5. The van der Waals surface area contributed by atoms with Crippen LogP contribution in [0.25, 0.3) is 0 Å². The molecule has 0 aromatic carbocycles. The summed E-state index contributed by atoms with van der Waals surface area (Å²) >= 11 is 0. The Hall–Kier alpha value is -1.54. The van der Waals surface area contributed by atoms with E-state index in [1.54, 1.807) is 7.05 Å². The lowest BCUT2D eigenvalue weighted by Gasteiger charge is -2.41. The average Bonchev–Trinajstić information content (AvgIpc) is 2.56. The number of alkyl carbamates (subject to hydrolysis) is 1. The SMILES string of the molecule is CN=C(NCCCNC(=O)OC(C)(C)C)NCC(C)(C)N1CCOCC1. The van der Waals surface area contributed by atoms with Crippen LogP contribution in [0, 0.1) is 0 Å². The van der Waals surface area contributed by atoms with Gasteiger partial charge in [-0.15, -0.1) is 0 Å². The van der Waals surface area contributed by atoms with E-state index in [4.69, 9.17) is 9.47 Å². The lowest BCUT2D eigenvalue weighted by atomic mass is 10.0. The molecular formula is C18H37N5O3. The van der Waals surface area contributed by atoms with Crippen molar-refractivity contribution in [2.24, 2.45) is 4.99 Å². The van der Waals surface area contributed by atoms with Gasteiger partial charge in [-0.25, -0.2) is 4.79 Å². The number of nitrogens with zero attached hydrogens (tertiary/aromatic N) is 2. The highest BCUT2D eigenvalue weighted by atomic mass is 16.6. The lowest BCUT2D eigenvalue weighted by molar-refractivity contribution is -0.00833. The molecule has 1 aliphatic heterocycles. The lowest BCUT2D eigenvalue weighted by Crippen LogP contribution is -2.56. The number of morpholine rings is 1. The fourth-order valence-electron chi connectivity index (χ4n) is 2.60. The van der Waals surface area contributed by atoms with E-state index in [2.05, 4.69) is 39.7 Å². The van der Waals surface area contributed by atoms with Gasteiger partial charge in [-0.1, -0.05) is 0 Å². The first-order valence-corrected chi connectivity index (χ1v) is 9.38. The van der Waals surface area contributed by atoms with Crippen molar-refractivity contribution < 1.29 is 14.3 Å². The number of rotatable bonds is 7. The quantitative estimate of drug-likeness (QED) is 0.354. The minimum absolute atomic E-state index is 0.0274. The number of carbonyl (C=O) groups excluding carboxylic acids is 1. The molecule has 0 bridgehead atoms. The average molecular weight is 372 g/mol. The molecule has 0 aliphatic carbocycles. The molecule has 0 unspecified atom stereocenters. The molecule has 1 rings (SSSR count). The molecule has 0 aromatic rings. The van der Waals surface area contributed by atoms with Gasteiger partial charge < -0.3 is 25.4 Å². The Balaban J connectivity index is 2.21. The van der Waals surface area contributed by atoms with Crippen LogP contribution in [0.2, 0.25) is 0 Å². The molecule has 1 fully saturated rings. The summed E-state index contributed by atoms with van der Waals surface area (Å²) in [4.78, 5) is 18.3. The zero-order valence-corrected chi connectivity index (χ0v) is 17.3. The van der Waals surface area contributed by atoms with Gasteiger partial charge in [0.15, 0.2) is 5.96 Å². The summed E-state index contributed by atoms with van der Waals surface area (Å²) < 4.78 is 10.6. The summed E-state index contributed by atoms with van der Waals surface area (Å²) in [5, 5.41) is 9.40. The zero-order chi connectivity index (χ0) is 19.6. The van der Waals surface area contributed by atoms with Gasteiger partial charge in [0.2, 0.25) is 0 Å². The molecule has 0 spiro atoms. The zero-order valence-electron chi connectivity index (χ0n) is 17.3. The number of guanidine groups is 1. The first-order valence-electron chi connectivity index (χ1n) is 9.38. The summed E-state index contributed by atoms with van der Waals surface area (Å²) in [7, 11) is 1.76. The topological polar surface area (TPSA) is 87.2 Å². The van der Waals surface area contributed by atoms with Crippen LogP contribution in [0.3, 0.4) is 0 Å². The minimum atomic E-state index is -0.471. The molecule has 0 radical (unpaired) electrons. The molecule has 0 saturated carbocycles. The summed E-state index contributed by atoms with van der Waals surface area (Å²) in [5.74, 6) is 0.767. The second-order valence-electron chi connectivity index (χ2n) is 8.05. The Morgan fingerprint density at radius 1 is 1.08 bits per heavy atom. The van der Waals surface area contributed by atoms with Gasteiger partial charge in [-0.3, -0.25) is 9.89 Å². The fraction of sp³-hybridized carbons (Fsp3) is 0.889. The number of nitrogens with one attached hydrogen (secondary N) is 3. The maximum atomic E-state index is 11.6. The summed E-state index contributed by atoms with van der Waals surface area (Å²) in [6.07, 6.45) is 0.402. The van der Waals surface area contributed by atoms with Crippen LogP contribution in [0.1, 0.15) is 41.0 Å². The van der Waals surface area contributed by atoms with Crippen LogP contribution in [0.15, 0.2) is 4.99 Å². The predicted molar refractivity (Wildman–Crippen MR) is 105 cm³/mol. The monoisotopic (exact) mass is 371 g/mol. The largest absolute Gasteiger partial charge is 0.444 e. The molecule has 8 heteroatoms. The fourth-order valence-corrected chi connectivity index (χ4v) is 2.60. The Kier molecular flexibility index (Phi) is 9.15. The summed E-state index contributed by atoms with van der Waals surface area (Å²) in [6, 6.07) is 0. The molecule has 26 heavy (non-hydrogen) atoms. The van der Waals surface area contributed by atoms with Crippen LogP contribution in [0.5, 0.6) is 0 Å². The van der Waals surface area contributed by atoms with E-state index in [0.717, 1.165) is 45.2 Å². The molecule has 3 N–H and O–H groups in total. The van der Waals surface area contributed by atoms with Crippen molar-refractivity contribution in [2.75, 3.05) is 53.0 Å². The minimum Gasteiger partial charge on any atom is -0.444 e. The van der Waals surface area contributed by atoms with E-state index in [1.807, 2.05) is 20.8 Å². The van der Waals surface area contributed by atoms with Crippen LogP contribution in [-0.2, 0) is 9.47 Å². The Bertz CT molecular complexity index is 454. The third-order valence-electron chi connectivity index (χ3n) is 4.09. The highest BCUT2D eigenvalue weighted by Crippen LogP contribution is 2.14. The summed E-state index contributed by atoms with van der Waals surface area (Å²) in [6.45, 7) is 15.6. The van der Waals surface area contributed by atoms with E-state index < -0.39 is 5.60 Å². The van der Waals surface area contributed by atoms with Crippen LogP contribution in [-0.4, -0.2) is 81.1 Å². The Morgan fingerprint density at radius 3 is 2.27 bits per heavy atom. The number of aliphatic imine (C=N–C) groups is 1. The molecule has 1 amide bonds. The Morgan fingerprint density at radius 2 is 1.69 bits per heavy atom. The van der Waals surface area contributed by atoms with E-state index in [1.165, 1.54) is 0 Å². The number of carbonyl (C=O) groups is 1. The standard InChI is InChI=1S/C18H37N5O3/c1-17(2,3)26-16(24)21-9-7-8-20-15(19-6)22-14-18(4,5)23-10-12-25-13-11-23/h7-14H2,1-6H3,(H,21,24)(H2,19,20,22). The van der Waals surface area contributed by atoms with Crippen LogP contribution < -0.4 is 16.0 Å². The van der Waals surface area contributed by atoms with Crippen molar-refractivity contribution in [3.05, 3.63) is 0 Å². The second-order valence-corrected chi connectivity index (χ2v) is 8.05. The molecular weight excluding hydrogens is 334 g/mol. The highest BCUT2D eigenvalue weighted by Gasteiger charge is 2.28. The van der Waals surface area contributed by atoms with Crippen molar-refractivity contribution in [3.8, 4) is 0 Å². The molecule has 0 atom stereocenters. The number of hydrogen-bond acceptors (Lipinski definition) is 5. The van der Waals surface area contributed by atoms with Crippen molar-refractivity contribution >= 4 is 12.1 Å². The van der Waals surface area contributed by atoms with E-state index >= 15 is 0 Å². The Labute approximate surface area is 158 Å². The van der Waals surface area contributed by atoms with Gasteiger partial charge in [0, 0.05) is 45.3 Å². The first-order chi connectivity index (χ1) is 12.1. The smallest absolute Gasteiger partial charge is 0.407 e. The van der Waals surface area contributed by atoms with Crippen LogP contribution >= 0.6 is 0 Å². The number of hydrogen-bond donors (Lipinski definition) is 3. The van der Waals surface area contributed by atoms with Crippen LogP contribution in [0.4, 0.5) is 4.79 Å². The molecule has 8 nitrogen and oxygen atoms in total. The van der Waals surface area contributed by atoms with Crippen molar-refractivity contribution in [1.29, 1.82) is 0 Å². The van der Waals surface area contributed by atoms with Crippen molar-refractivity contribution in [2.45, 2.75) is 52.2 Å². The number of amides is 1. The normalized spacial score (nSPS) is 16.9. The maximum Gasteiger partial charge on any atom is 0.407 e. The highest BCUT2D eigenvalue weighted by molar-refractivity contribution is 5.79. The van der Waals surface area contributed by atoms with Gasteiger partial charge in [-0.05, 0) is 41.0 Å². The molecule has 152 valence electrons. The third-order valence-corrected chi connectivity index (χ3v) is 4.09. The van der Waals surface area contributed by atoms with Gasteiger partial charge in [0.25, 0.3) is 0 Å². The van der Waals surface area contributed by atoms with Gasteiger partial charge in [0.1, 0.15) is 5.60 Å².